The SMILES string of the molecule is O=C(Nc1cncnc1OC1CCCNCC1)c1ccc(F)c(-c2c(F)cccc2CO)n1. The highest BCUT2D eigenvalue weighted by molar-refractivity contribution is 6.03. The van der Waals surface area contributed by atoms with E-state index in [0.29, 0.717) is 0 Å². The minimum Gasteiger partial charge on any atom is -0.473 e. The number of aliphatic hydroxyl groups excluding tert-OH is 1. The van der Waals surface area contributed by atoms with Crippen LogP contribution < -0.4 is 15.4 Å². The average molecular weight is 455 g/mol. The van der Waals surface area contributed by atoms with Crippen LogP contribution >= 0.6 is 0 Å². The largest absolute Gasteiger partial charge is 0.473 e. The van der Waals surface area contributed by atoms with Crippen molar-refractivity contribution in [3.63, 3.8) is 0 Å². The molecule has 1 fully saturated rings. The minimum absolute atomic E-state index is 0.0564. The van der Waals surface area contributed by atoms with E-state index < -0.39 is 24.1 Å². The number of nitrogens with one attached hydrogen (secondary N) is 2. The second-order valence-electron chi connectivity index (χ2n) is 7.58. The lowest BCUT2D eigenvalue weighted by atomic mass is 10.0. The number of carbonyl (C=O) groups is 1. The highest BCUT2D eigenvalue weighted by atomic mass is 19.1. The Labute approximate surface area is 189 Å². The molecule has 1 atom stereocenters. The number of pyridine rings is 1. The number of rotatable bonds is 6. The van der Waals surface area contributed by atoms with Crippen molar-refractivity contribution >= 4 is 11.6 Å². The Balaban J connectivity index is 1.59. The molecule has 1 saturated heterocycles. The normalized spacial score (nSPS) is 16.2. The van der Waals surface area contributed by atoms with Gasteiger partial charge in [-0.15, -0.1) is 0 Å². The molecule has 33 heavy (non-hydrogen) atoms. The number of nitrogens with zero attached hydrogens (tertiary/aromatic N) is 3. The summed E-state index contributed by atoms with van der Waals surface area (Å²) in [4.78, 5) is 25.0. The van der Waals surface area contributed by atoms with Gasteiger partial charge in [0.05, 0.1) is 12.8 Å². The second-order valence-corrected chi connectivity index (χ2v) is 7.58. The number of benzene rings is 1. The quantitative estimate of drug-likeness (QED) is 0.524. The van der Waals surface area contributed by atoms with Crippen LogP contribution in [0.2, 0.25) is 0 Å². The van der Waals surface area contributed by atoms with Crippen molar-refractivity contribution in [1.29, 1.82) is 0 Å². The highest BCUT2D eigenvalue weighted by Gasteiger charge is 2.21. The van der Waals surface area contributed by atoms with Gasteiger partial charge in [-0.3, -0.25) is 4.79 Å². The molecule has 8 nitrogen and oxygen atoms in total. The van der Waals surface area contributed by atoms with Crippen LogP contribution in [-0.2, 0) is 6.61 Å². The molecule has 3 heterocycles. The molecule has 0 saturated carbocycles. The fraction of sp³-hybridized carbons (Fsp3) is 0.304. The molecule has 2 aromatic heterocycles. The molecule has 1 unspecified atom stereocenters. The Bertz CT molecular complexity index is 1140. The maximum atomic E-state index is 14.5. The Morgan fingerprint density at radius 2 is 2.06 bits per heavy atom. The molecule has 0 bridgehead atoms. The van der Waals surface area contributed by atoms with Gasteiger partial charge in [-0.1, -0.05) is 12.1 Å². The summed E-state index contributed by atoms with van der Waals surface area (Å²) >= 11 is 0. The number of hydrogen-bond acceptors (Lipinski definition) is 7. The fourth-order valence-corrected chi connectivity index (χ4v) is 3.66. The predicted molar refractivity (Wildman–Crippen MR) is 117 cm³/mol. The first-order chi connectivity index (χ1) is 16.1. The monoisotopic (exact) mass is 455 g/mol. The molecular formula is C23H23F2N5O3. The summed E-state index contributed by atoms with van der Waals surface area (Å²) in [5, 5.41) is 15.5. The van der Waals surface area contributed by atoms with Crippen LogP contribution in [0.5, 0.6) is 5.88 Å². The molecule has 4 rings (SSSR count). The second kappa shape index (κ2) is 10.4. The lowest BCUT2D eigenvalue weighted by Crippen LogP contribution is -2.21. The molecule has 3 aromatic rings. The van der Waals surface area contributed by atoms with E-state index in [9.17, 15) is 18.7 Å². The van der Waals surface area contributed by atoms with Crippen LogP contribution in [0.25, 0.3) is 11.3 Å². The van der Waals surface area contributed by atoms with Crippen molar-refractivity contribution in [2.24, 2.45) is 0 Å². The Hall–Kier alpha value is -3.50. The van der Waals surface area contributed by atoms with E-state index in [-0.39, 0.29) is 40.2 Å². The van der Waals surface area contributed by atoms with Crippen LogP contribution in [-0.4, -0.2) is 45.2 Å². The molecule has 1 amide bonds. The number of aliphatic hydroxyl groups is 1. The maximum Gasteiger partial charge on any atom is 0.274 e. The first-order valence-electron chi connectivity index (χ1n) is 10.6. The summed E-state index contributed by atoms with van der Waals surface area (Å²) < 4.78 is 34.9. The fourth-order valence-electron chi connectivity index (χ4n) is 3.66. The number of halogens is 2. The number of anilines is 1. The van der Waals surface area contributed by atoms with Crippen LogP contribution in [0.3, 0.4) is 0 Å². The molecule has 0 radical (unpaired) electrons. The first kappa shape index (κ1) is 22.7. The van der Waals surface area contributed by atoms with Crippen molar-refractivity contribution < 1.29 is 23.4 Å². The van der Waals surface area contributed by atoms with E-state index in [4.69, 9.17) is 4.74 Å². The zero-order valence-electron chi connectivity index (χ0n) is 17.7. The highest BCUT2D eigenvalue weighted by Crippen LogP contribution is 2.29. The zero-order chi connectivity index (χ0) is 23.2. The van der Waals surface area contributed by atoms with Gasteiger partial charge in [0.2, 0.25) is 5.88 Å². The molecule has 0 spiro atoms. The summed E-state index contributed by atoms with van der Waals surface area (Å²) in [6, 6.07) is 6.22. The van der Waals surface area contributed by atoms with Crippen molar-refractivity contribution in [3.8, 4) is 17.1 Å². The van der Waals surface area contributed by atoms with E-state index in [1.165, 1.54) is 30.7 Å². The van der Waals surface area contributed by atoms with Gasteiger partial charge in [0, 0.05) is 5.56 Å². The molecule has 1 aliphatic heterocycles. The first-order valence-corrected chi connectivity index (χ1v) is 10.6. The third-order valence-corrected chi connectivity index (χ3v) is 5.31. The van der Waals surface area contributed by atoms with Gasteiger partial charge >= 0.3 is 0 Å². The summed E-state index contributed by atoms with van der Waals surface area (Å²) in [5.41, 5.74) is -0.303. The van der Waals surface area contributed by atoms with E-state index in [1.54, 1.807) is 0 Å². The molecule has 10 heteroatoms. The number of amides is 1. The number of hydrogen-bond donors (Lipinski definition) is 3. The number of ether oxygens (including phenoxy) is 1. The lowest BCUT2D eigenvalue weighted by molar-refractivity contribution is 0.102. The van der Waals surface area contributed by atoms with Crippen LogP contribution in [0.4, 0.5) is 14.5 Å². The van der Waals surface area contributed by atoms with Crippen molar-refractivity contribution in [2.45, 2.75) is 32.0 Å². The van der Waals surface area contributed by atoms with Gasteiger partial charge in [0.15, 0.2) is 0 Å². The van der Waals surface area contributed by atoms with Gasteiger partial charge < -0.3 is 20.5 Å². The van der Waals surface area contributed by atoms with E-state index >= 15 is 0 Å². The summed E-state index contributed by atoms with van der Waals surface area (Å²) in [7, 11) is 0. The Morgan fingerprint density at radius 3 is 2.91 bits per heavy atom. The third kappa shape index (κ3) is 5.29. The molecule has 0 aliphatic carbocycles. The summed E-state index contributed by atoms with van der Waals surface area (Å²) in [6.07, 6.45) is 5.28. The Morgan fingerprint density at radius 1 is 1.18 bits per heavy atom. The van der Waals surface area contributed by atoms with E-state index in [0.717, 1.165) is 44.5 Å². The molecular weight excluding hydrogens is 432 g/mol. The number of carbonyl (C=O) groups excluding carboxylic acids is 1. The molecule has 1 aliphatic rings. The van der Waals surface area contributed by atoms with Gasteiger partial charge in [-0.2, -0.15) is 4.98 Å². The third-order valence-electron chi connectivity index (χ3n) is 5.31. The van der Waals surface area contributed by atoms with Crippen LogP contribution in [0.15, 0.2) is 42.9 Å². The van der Waals surface area contributed by atoms with E-state index in [2.05, 4.69) is 25.6 Å². The van der Waals surface area contributed by atoms with E-state index in [1.807, 2.05) is 0 Å². The predicted octanol–water partition coefficient (Wildman–Crippen LogP) is 3.08. The van der Waals surface area contributed by atoms with Crippen LogP contribution in [0, 0.1) is 11.6 Å². The average Bonchev–Trinajstić information content (AvgIpc) is 3.09. The van der Waals surface area contributed by atoms with Crippen molar-refractivity contribution in [3.05, 3.63) is 65.7 Å². The van der Waals surface area contributed by atoms with Crippen molar-refractivity contribution in [1.82, 2.24) is 20.3 Å². The summed E-state index contributed by atoms with van der Waals surface area (Å²) in [5.74, 6) is -2.01. The molecule has 172 valence electrons. The topological polar surface area (TPSA) is 109 Å². The van der Waals surface area contributed by atoms with Crippen molar-refractivity contribution in [2.75, 3.05) is 18.4 Å². The summed E-state index contributed by atoms with van der Waals surface area (Å²) in [6.45, 7) is 1.24. The Kier molecular flexibility index (Phi) is 7.16. The van der Waals surface area contributed by atoms with Crippen LogP contribution in [0.1, 0.15) is 35.3 Å². The maximum absolute atomic E-state index is 14.5. The minimum atomic E-state index is -0.819. The van der Waals surface area contributed by atoms with Gasteiger partial charge in [-0.05, 0) is 56.1 Å². The van der Waals surface area contributed by atoms with Gasteiger partial charge in [0.25, 0.3) is 5.91 Å². The lowest BCUT2D eigenvalue weighted by Gasteiger charge is -2.18. The van der Waals surface area contributed by atoms with Gasteiger partial charge in [-0.25, -0.2) is 18.7 Å². The standard InChI is InChI=1S/C23H23F2N5O3/c24-16-5-1-3-14(12-31)20(16)21-17(25)6-7-18(29-21)22(32)30-19-11-27-13-28-23(19)33-15-4-2-9-26-10-8-15/h1,3,5-7,11,13,15,26,31H,2,4,8-10,12H2,(H,30,32). The van der Waals surface area contributed by atoms with Gasteiger partial charge in [0.1, 0.15) is 41.1 Å². The molecule has 1 aromatic carbocycles. The zero-order valence-corrected chi connectivity index (χ0v) is 17.7. The smallest absolute Gasteiger partial charge is 0.274 e. The number of aromatic nitrogens is 3. The molecule has 3 N–H and O–H groups in total.